The first-order valence-corrected chi connectivity index (χ1v) is 8.20. The van der Waals surface area contributed by atoms with E-state index >= 15 is 0 Å². The van der Waals surface area contributed by atoms with E-state index < -0.39 is 11.8 Å². The fraction of sp³-hybridized carbons (Fsp3) is 0.438. The number of carbonyl (C=O) groups excluding carboxylic acids is 2. The highest BCUT2D eigenvalue weighted by molar-refractivity contribution is 8.03. The number of thiocyanates is 1. The summed E-state index contributed by atoms with van der Waals surface area (Å²) in [5.74, 6) is -1.11. The summed E-state index contributed by atoms with van der Waals surface area (Å²) < 4.78 is 0. The van der Waals surface area contributed by atoms with Gasteiger partial charge in [-0.15, -0.1) is 0 Å². The Bertz CT molecular complexity index is 537. The number of nitriles is 1. The van der Waals surface area contributed by atoms with Crippen molar-refractivity contribution in [2.24, 2.45) is 0 Å². The Kier molecular flexibility index (Phi) is 8.08. The Hall–Kier alpha value is -2.00. The Morgan fingerprint density at radius 3 is 2.41 bits per heavy atom. The third-order valence-electron chi connectivity index (χ3n) is 3.03. The van der Waals surface area contributed by atoms with Gasteiger partial charge in [0.15, 0.2) is 0 Å². The maximum absolute atomic E-state index is 12.2. The first-order valence-electron chi connectivity index (χ1n) is 7.38. The first kappa shape index (κ1) is 18.1. The molecule has 0 aliphatic rings. The molecule has 0 aliphatic heterocycles. The van der Waals surface area contributed by atoms with Gasteiger partial charge in [-0.25, -0.2) is 0 Å². The van der Waals surface area contributed by atoms with Crippen molar-refractivity contribution in [3.8, 4) is 5.40 Å². The summed E-state index contributed by atoms with van der Waals surface area (Å²) in [4.78, 5) is 26.6. The van der Waals surface area contributed by atoms with Crippen LogP contribution in [0.2, 0.25) is 0 Å². The lowest BCUT2D eigenvalue weighted by Gasteiger charge is -2.21. The monoisotopic (exact) mass is 319 g/mol. The van der Waals surface area contributed by atoms with Gasteiger partial charge in [-0.3, -0.25) is 9.59 Å². The molecule has 0 atom stereocenters. The normalized spacial score (nSPS) is 9.86. The number of nitrogens with one attached hydrogen (secondary N) is 1. The van der Waals surface area contributed by atoms with Crippen molar-refractivity contribution < 1.29 is 9.59 Å². The van der Waals surface area contributed by atoms with Gasteiger partial charge < -0.3 is 10.2 Å². The van der Waals surface area contributed by atoms with Gasteiger partial charge in [-0.05, 0) is 48.9 Å². The van der Waals surface area contributed by atoms with Gasteiger partial charge in [0.2, 0.25) is 0 Å². The molecule has 5 nitrogen and oxygen atoms in total. The molecule has 0 saturated heterocycles. The van der Waals surface area contributed by atoms with Crippen LogP contribution in [0.15, 0.2) is 29.2 Å². The van der Waals surface area contributed by atoms with E-state index in [0.29, 0.717) is 18.8 Å². The third-order valence-corrected chi connectivity index (χ3v) is 3.63. The zero-order valence-corrected chi connectivity index (χ0v) is 13.8. The molecule has 1 aromatic rings. The molecule has 0 unspecified atom stereocenters. The number of anilines is 1. The molecule has 0 bridgehead atoms. The van der Waals surface area contributed by atoms with Crippen LogP contribution in [-0.4, -0.2) is 29.8 Å². The molecular formula is C16H21N3O2S. The number of thioether (sulfide) groups is 1. The fourth-order valence-corrected chi connectivity index (χ4v) is 2.30. The predicted octanol–water partition coefficient (Wildman–Crippen LogP) is 3.24. The molecule has 6 heteroatoms. The van der Waals surface area contributed by atoms with E-state index in [0.717, 1.165) is 35.9 Å². The van der Waals surface area contributed by atoms with Crippen LogP contribution in [0.4, 0.5) is 5.69 Å². The molecule has 0 aromatic heterocycles. The minimum Gasteiger partial charge on any atom is -0.334 e. The maximum Gasteiger partial charge on any atom is 0.313 e. The van der Waals surface area contributed by atoms with Crippen molar-refractivity contribution in [2.75, 3.05) is 18.4 Å². The number of amides is 2. The van der Waals surface area contributed by atoms with Crippen LogP contribution in [0.5, 0.6) is 0 Å². The summed E-state index contributed by atoms with van der Waals surface area (Å²) in [5.41, 5.74) is 0.549. The Morgan fingerprint density at radius 2 is 1.86 bits per heavy atom. The van der Waals surface area contributed by atoms with Gasteiger partial charge in [-0.1, -0.05) is 20.3 Å². The molecule has 0 spiro atoms. The second-order valence-corrected chi connectivity index (χ2v) is 5.68. The summed E-state index contributed by atoms with van der Waals surface area (Å²) in [6, 6.07) is 6.83. The van der Waals surface area contributed by atoms with Gasteiger partial charge in [0.25, 0.3) is 0 Å². The number of hydrogen-bond acceptors (Lipinski definition) is 4. The van der Waals surface area contributed by atoms with Gasteiger partial charge >= 0.3 is 11.8 Å². The average molecular weight is 319 g/mol. The van der Waals surface area contributed by atoms with E-state index in [-0.39, 0.29) is 0 Å². The predicted molar refractivity (Wildman–Crippen MR) is 88.3 cm³/mol. The molecule has 0 saturated carbocycles. The van der Waals surface area contributed by atoms with Crippen molar-refractivity contribution in [1.82, 2.24) is 4.90 Å². The zero-order valence-electron chi connectivity index (χ0n) is 13.0. The standard InChI is InChI=1S/C16H21N3O2S/c1-3-5-11-19(10-4-2)16(21)15(20)18-13-6-8-14(9-7-13)22-12-17/h6-9H,3-5,10-11H2,1-2H3,(H,18,20). The van der Waals surface area contributed by atoms with E-state index in [9.17, 15) is 9.59 Å². The molecule has 0 fully saturated rings. The Balaban J connectivity index is 2.65. The highest BCUT2D eigenvalue weighted by Crippen LogP contribution is 2.19. The first-order chi connectivity index (χ1) is 10.6. The quantitative estimate of drug-likeness (QED) is 0.476. The number of benzene rings is 1. The third kappa shape index (κ3) is 5.78. The smallest absolute Gasteiger partial charge is 0.313 e. The lowest BCUT2D eigenvalue weighted by molar-refractivity contribution is -0.143. The van der Waals surface area contributed by atoms with Crippen molar-refractivity contribution in [1.29, 1.82) is 5.26 Å². The van der Waals surface area contributed by atoms with Gasteiger partial charge in [0, 0.05) is 23.7 Å². The van der Waals surface area contributed by atoms with Crippen LogP contribution < -0.4 is 5.32 Å². The van der Waals surface area contributed by atoms with Crippen LogP contribution in [0.1, 0.15) is 33.1 Å². The largest absolute Gasteiger partial charge is 0.334 e. The molecule has 22 heavy (non-hydrogen) atoms. The zero-order chi connectivity index (χ0) is 16.4. The second-order valence-electron chi connectivity index (χ2n) is 4.82. The van der Waals surface area contributed by atoms with Crippen LogP contribution in [0, 0.1) is 10.7 Å². The van der Waals surface area contributed by atoms with Gasteiger partial charge in [-0.2, -0.15) is 5.26 Å². The van der Waals surface area contributed by atoms with Crippen LogP contribution in [0.25, 0.3) is 0 Å². The van der Waals surface area contributed by atoms with E-state index in [1.54, 1.807) is 29.2 Å². The van der Waals surface area contributed by atoms with Crippen molar-refractivity contribution in [3.05, 3.63) is 24.3 Å². The summed E-state index contributed by atoms with van der Waals surface area (Å²) in [6.07, 6.45) is 2.69. The van der Waals surface area contributed by atoms with E-state index in [4.69, 9.17) is 5.26 Å². The van der Waals surface area contributed by atoms with Gasteiger partial charge in [0.05, 0.1) is 0 Å². The number of unbranched alkanes of at least 4 members (excludes halogenated alkanes) is 1. The van der Waals surface area contributed by atoms with E-state index in [2.05, 4.69) is 12.2 Å². The molecule has 1 aromatic carbocycles. The molecule has 2 amide bonds. The lowest BCUT2D eigenvalue weighted by Crippen LogP contribution is -2.40. The number of hydrogen-bond donors (Lipinski definition) is 1. The molecule has 0 heterocycles. The highest BCUT2D eigenvalue weighted by atomic mass is 32.2. The summed E-state index contributed by atoms with van der Waals surface area (Å²) >= 11 is 1.05. The maximum atomic E-state index is 12.2. The number of rotatable bonds is 7. The van der Waals surface area contributed by atoms with E-state index in [1.165, 1.54) is 0 Å². The summed E-state index contributed by atoms with van der Waals surface area (Å²) in [7, 11) is 0. The molecule has 0 radical (unpaired) electrons. The molecule has 0 aliphatic carbocycles. The van der Waals surface area contributed by atoms with Crippen LogP contribution in [-0.2, 0) is 9.59 Å². The number of nitrogens with zero attached hydrogens (tertiary/aromatic N) is 2. The molecule has 1 N–H and O–H groups in total. The van der Waals surface area contributed by atoms with Crippen molar-refractivity contribution >= 4 is 29.3 Å². The molecule has 1 rings (SSSR count). The Labute approximate surface area is 135 Å². The summed E-state index contributed by atoms with van der Waals surface area (Å²) in [6.45, 7) is 5.23. The molecular weight excluding hydrogens is 298 g/mol. The van der Waals surface area contributed by atoms with Crippen molar-refractivity contribution in [2.45, 2.75) is 38.0 Å². The average Bonchev–Trinajstić information content (AvgIpc) is 2.53. The minimum absolute atomic E-state index is 0.495. The van der Waals surface area contributed by atoms with Crippen LogP contribution in [0.3, 0.4) is 0 Å². The topological polar surface area (TPSA) is 73.2 Å². The SMILES string of the molecule is CCCCN(CCC)C(=O)C(=O)Nc1ccc(SC#N)cc1. The summed E-state index contributed by atoms with van der Waals surface area (Å²) in [5, 5.41) is 13.2. The van der Waals surface area contributed by atoms with Crippen molar-refractivity contribution in [3.63, 3.8) is 0 Å². The van der Waals surface area contributed by atoms with Crippen LogP contribution >= 0.6 is 11.8 Å². The second kappa shape index (κ2) is 9.85. The molecule has 118 valence electrons. The minimum atomic E-state index is -0.620. The van der Waals surface area contributed by atoms with E-state index in [1.807, 2.05) is 12.3 Å². The highest BCUT2D eigenvalue weighted by Gasteiger charge is 2.20. The number of carbonyl (C=O) groups is 2. The Morgan fingerprint density at radius 1 is 1.18 bits per heavy atom. The van der Waals surface area contributed by atoms with Gasteiger partial charge in [0.1, 0.15) is 5.40 Å². The fourth-order valence-electron chi connectivity index (χ4n) is 1.92. The lowest BCUT2D eigenvalue weighted by atomic mass is 10.2.